The number of hydrogen-bond donors (Lipinski definition) is 3. The monoisotopic (exact) mass is 750 g/mol. The molecule has 1 amide bonds. The van der Waals surface area contributed by atoms with E-state index in [1.807, 2.05) is 41.3 Å². The van der Waals surface area contributed by atoms with E-state index in [9.17, 15) is 23.5 Å². The fraction of sp³-hybridized carbons (Fsp3) is 0.333. The van der Waals surface area contributed by atoms with E-state index < -0.39 is 17.8 Å². The van der Waals surface area contributed by atoms with Gasteiger partial charge < -0.3 is 29.5 Å². The van der Waals surface area contributed by atoms with Crippen molar-refractivity contribution < 1.29 is 37.7 Å². The first-order valence-corrected chi connectivity index (χ1v) is 18.5. The summed E-state index contributed by atoms with van der Waals surface area (Å²) in [4.78, 5) is 38.8. The van der Waals surface area contributed by atoms with Gasteiger partial charge in [-0.2, -0.15) is 4.98 Å². The van der Waals surface area contributed by atoms with Crippen LogP contribution in [0.5, 0.6) is 11.6 Å². The SMILES string of the molecule is O=C(O)Oc1nc(N2CCc3cccc(C(=O)Nc4nc5ccccc5s4)c3C2)sc1CCCOc1cc(F)c(NCCN2CCOCC2)cc1F. The average Bonchev–Trinajstić information content (AvgIpc) is 3.74. The molecule has 0 radical (unpaired) electrons. The largest absolute Gasteiger partial charge is 0.512 e. The molecule has 3 N–H and O–H groups in total. The molecular formula is C36H36F2N6O6S2. The number of para-hydroxylation sites is 1. The predicted molar refractivity (Wildman–Crippen MR) is 195 cm³/mol. The zero-order chi connectivity index (χ0) is 36.0. The van der Waals surface area contributed by atoms with Gasteiger partial charge >= 0.3 is 6.16 Å². The van der Waals surface area contributed by atoms with Gasteiger partial charge in [0.2, 0.25) is 5.88 Å². The Labute approximate surface area is 306 Å². The molecule has 3 aromatic carbocycles. The number of aryl methyl sites for hydroxylation is 1. The number of nitrogens with zero attached hydrogens (tertiary/aromatic N) is 4. The zero-order valence-electron chi connectivity index (χ0n) is 28.0. The fourth-order valence-electron chi connectivity index (χ4n) is 6.19. The third kappa shape index (κ3) is 8.41. The number of hydrogen-bond acceptors (Lipinski definition) is 12. The normalized spacial score (nSPS) is 14.6. The van der Waals surface area contributed by atoms with Crippen molar-refractivity contribution >= 4 is 60.9 Å². The molecule has 5 aromatic rings. The molecule has 272 valence electrons. The second-order valence-electron chi connectivity index (χ2n) is 12.2. The number of carboxylic acid groups (broad SMARTS) is 1. The fourth-order valence-corrected chi connectivity index (χ4v) is 8.11. The van der Waals surface area contributed by atoms with Gasteiger partial charge in [0, 0.05) is 57.0 Å². The number of fused-ring (bicyclic) bond motifs is 2. The molecule has 0 unspecified atom stereocenters. The van der Waals surface area contributed by atoms with Crippen molar-refractivity contribution in [3.63, 3.8) is 0 Å². The predicted octanol–water partition coefficient (Wildman–Crippen LogP) is 6.66. The first-order chi connectivity index (χ1) is 25.3. The van der Waals surface area contributed by atoms with Crippen molar-refractivity contribution in [1.82, 2.24) is 14.9 Å². The Bertz CT molecular complexity index is 2040. The highest BCUT2D eigenvalue weighted by atomic mass is 32.1. The number of amides is 1. The molecule has 4 heterocycles. The Hall–Kier alpha value is -4.90. The smallest absolute Gasteiger partial charge is 0.490 e. The van der Waals surface area contributed by atoms with E-state index in [1.54, 1.807) is 6.07 Å². The average molecular weight is 751 g/mol. The summed E-state index contributed by atoms with van der Waals surface area (Å²) in [5.74, 6) is -1.83. The van der Waals surface area contributed by atoms with E-state index in [1.165, 1.54) is 22.7 Å². The second kappa shape index (κ2) is 16.2. The zero-order valence-corrected chi connectivity index (χ0v) is 29.7. The molecule has 0 bridgehead atoms. The number of rotatable bonds is 13. The second-order valence-corrected chi connectivity index (χ2v) is 14.3. The summed E-state index contributed by atoms with van der Waals surface area (Å²) in [7, 11) is 0. The Morgan fingerprint density at radius 2 is 1.85 bits per heavy atom. The summed E-state index contributed by atoms with van der Waals surface area (Å²) < 4.78 is 46.5. The summed E-state index contributed by atoms with van der Waals surface area (Å²) in [5, 5.41) is 16.3. The van der Waals surface area contributed by atoms with E-state index in [0.29, 0.717) is 79.4 Å². The molecule has 1 saturated heterocycles. The van der Waals surface area contributed by atoms with E-state index in [-0.39, 0.29) is 29.8 Å². The van der Waals surface area contributed by atoms with Crippen LogP contribution in [0.3, 0.4) is 0 Å². The molecule has 0 atom stereocenters. The summed E-state index contributed by atoms with van der Waals surface area (Å²) in [5.41, 5.74) is 3.30. The number of carbonyl (C=O) groups excluding carboxylic acids is 1. The van der Waals surface area contributed by atoms with Crippen molar-refractivity contribution in [3.05, 3.63) is 87.8 Å². The number of benzene rings is 3. The highest BCUT2D eigenvalue weighted by Gasteiger charge is 2.26. The third-order valence-electron chi connectivity index (χ3n) is 8.81. The maximum atomic E-state index is 14.8. The van der Waals surface area contributed by atoms with Crippen LogP contribution >= 0.6 is 22.7 Å². The Balaban J connectivity index is 0.973. The van der Waals surface area contributed by atoms with Gasteiger partial charge in [0.25, 0.3) is 5.91 Å². The molecule has 2 aliphatic rings. The first-order valence-electron chi connectivity index (χ1n) is 16.9. The van der Waals surface area contributed by atoms with Crippen molar-refractivity contribution in [2.45, 2.75) is 25.8 Å². The van der Waals surface area contributed by atoms with Crippen molar-refractivity contribution in [2.24, 2.45) is 0 Å². The number of thiazole rings is 2. The van der Waals surface area contributed by atoms with E-state index in [2.05, 4.69) is 25.5 Å². The lowest BCUT2D eigenvalue weighted by Gasteiger charge is -2.29. The molecule has 16 heteroatoms. The van der Waals surface area contributed by atoms with Crippen LogP contribution in [0.1, 0.15) is 32.8 Å². The molecular weight excluding hydrogens is 715 g/mol. The standard InChI is InChI=1S/C36H36F2N6O6S2/c37-25-20-29(26(38)19-28(25)39-11-13-43-14-17-48-18-15-43)49-16-4-9-31-33(50-36(46)47)42-35(52-31)44-12-10-22-5-3-6-23(24(22)21-44)32(45)41-34-40-27-7-1-2-8-30(27)51-34/h1-3,5-8,19-20,39H,4,9-18,21H2,(H,46,47)(H,40,41,45). The number of aromatic nitrogens is 2. The third-order valence-corrected chi connectivity index (χ3v) is 10.9. The molecule has 1 fully saturated rings. The van der Waals surface area contributed by atoms with Crippen LogP contribution in [-0.2, 0) is 24.1 Å². The van der Waals surface area contributed by atoms with Gasteiger partial charge in [-0.15, -0.1) is 0 Å². The topological polar surface area (TPSA) is 138 Å². The maximum Gasteiger partial charge on any atom is 0.512 e. The Morgan fingerprint density at radius 3 is 2.67 bits per heavy atom. The van der Waals surface area contributed by atoms with Gasteiger partial charge in [-0.3, -0.25) is 15.0 Å². The van der Waals surface area contributed by atoms with Gasteiger partial charge in [-0.05, 0) is 48.6 Å². The lowest BCUT2D eigenvalue weighted by Crippen LogP contribution is -2.39. The number of morpholine rings is 1. The number of halogens is 2. The summed E-state index contributed by atoms with van der Waals surface area (Å²) in [6.45, 7) is 5.10. The number of carbonyl (C=O) groups is 2. The number of ether oxygens (including phenoxy) is 3. The minimum absolute atomic E-state index is 0.0371. The molecule has 52 heavy (non-hydrogen) atoms. The van der Waals surface area contributed by atoms with Gasteiger partial charge in [0.15, 0.2) is 21.8 Å². The van der Waals surface area contributed by atoms with Crippen molar-refractivity contribution in [3.8, 4) is 11.6 Å². The molecule has 2 aromatic heterocycles. The Kier molecular flexibility index (Phi) is 11.1. The molecule has 0 saturated carbocycles. The summed E-state index contributed by atoms with van der Waals surface area (Å²) in [6.07, 6.45) is -0.161. The van der Waals surface area contributed by atoms with Crippen LogP contribution in [0.25, 0.3) is 10.2 Å². The van der Waals surface area contributed by atoms with Crippen LogP contribution in [-0.4, -0.2) is 84.6 Å². The molecule has 0 spiro atoms. The number of anilines is 3. The quantitative estimate of drug-likeness (QED) is 0.0880. The minimum Gasteiger partial charge on any atom is -0.490 e. The van der Waals surface area contributed by atoms with Gasteiger partial charge in [0.05, 0.1) is 40.6 Å². The minimum atomic E-state index is -1.50. The van der Waals surface area contributed by atoms with Gasteiger partial charge in [0.1, 0.15) is 5.82 Å². The lowest BCUT2D eigenvalue weighted by atomic mass is 9.94. The van der Waals surface area contributed by atoms with Gasteiger partial charge in [-0.25, -0.2) is 18.6 Å². The van der Waals surface area contributed by atoms with Crippen LogP contribution in [0.15, 0.2) is 54.6 Å². The van der Waals surface area contributed by atoms with Crippen LogP contribution < -0.4 is 25.0 Å². The molecule has 12 nitrogen and oxygen atoms in total. The van der Waals surface area contributed by atoms with Crippen LogP contribution in [0.4, 0.5) is 29.5 Å². The van der Waals surface area contributed by atoms with Crippen molar-refractivity contribution in [1.29, 1.82) is 0 Å². The molecule has 2 aliphatic heterocycles. The highest BCUT2D eigenvalue weighted by Crippen LogP contribution is 2.36. The highest BCUT2D eigenvalue weighted by molar-refractivity contribution is 7.22. The first kappa shape index (κ1) is 35.5. The van der Waals surface area contributed by atoms with Crippen molar-refractivity contribution in [2.75, 3.05) is 68.1 Å². The van der Waals surface area contributed by atoms with Crippen LogP contribution in [0, 0.1) is 11.6 Å². The summed E-state index contributed by atoms with van der Waals surface area (Å²) >= 11 is 2.69. The van der Waals surface area contributed by atoms with Crippen LogP contribution in [0.2, 0.25) is 0 Å². The molecule has 0 aliphatic carbocycles. The van der Waals surface area contributed by atoms with E-state index >= 15 is 0 Å². The van der Waals surface area contributed by atoms with E-state index in [4.69, 9.17) is 14.2 Å². The van der Waals surface area contributed by atoms with Gasteiger partial charge in [-0.1, -0.05) is 46.9 Å². The summed E-state index contributed by atoms with van der Waals surface area (Å²) in [6, 6.07) is 15.4. The maximum absolute atomic E-state index is 14.8. The number of nitrogens with one attached hydrogen (secondary N) is 2. The van der Waals surface area contributed by atoms with E-state index in [0.717, 1.165) is 46.6 Å². The molecule has 7 rings (SSSR count). The Morgan fingerprint density at radius 1 is 1.00 bits per heavy atom. The lowest BCUT2D eigenvalue weighted by molar-refractivity contribution is 0.0398.